The Hall–Kier alpha value is -2.12. The molecule has 144 valence electrons. The first-order chi connectivity index (χ1) is 11.9. The maximum absolute atomic E-state index is 12.6. The van der Waals surface area contributed by atoms with Crippen LogP contribution in [0.2, 0.25) is 0 Å². The fourth-order valence-electron chi connectivity index (χ4n) is 2.76. The van der Waals surface area contributed by atoms with Gasteiger partial charge in [-0.15, -0.1) is 12.4 Å². The number of rotatable bonds is 6. The Labute approximate surface area is 159 Å². The first-order valence-electron chi connectivity index (χ1n) is 8.47. The molecule has 0 unspecified atom stereocenters. The summed E-state index contributed by atoms with van der Waals surface area (Å²) in [7, 11) is 0. The molecule has 0 saturated carbocycles. The monoisotopic (exact) mass is 383 g/mol. The second-order valence-corrected chi connectivity index (χ2v) is 6.30. The van der Waals surface area contributed by atoms with Gasteiger partial charge in [-0.2, -0.15) is 0 Å². The van der Waals surface area contributed by atoms with Crippen molar-refractivity contribution in [2.75, 3.05) is 6.54 Å². The van der Waals surface area contributed by atoms with Gasteiger partial charge in [-0.1, -0.05) is 30.3 Å². The highest BCUT2D eigenvalue weighted by molar-refractivity contribution is 5.92. The zero-order chi connectivity index (χ0) is 18.4. The third kappa shape index (κ3) is 5.71. The average molecular weight is 384 g/mol. The number of likely N-dealkylation sites (tertiary alicyclic amines) is 1. The van der Waals surface area contributed by atoms with E-state index < -0.39 is 30.0 Å². The van der Waals surface area contributed by atoms with Crippen molar-refractivity contribution in [2.45, 2.75) is 51.4 Å². The van der Waals surface area contributed by atoms with Gasteiger partial charge in [-0.05, 0) is 32.3 Å². The van der Waals surface area contributed by atoms with E-state index in [-0.39, 0.29) is 24.9 Å². The SMILES string of the molecule is C[C@H](N)C(=O)N[C@@H](C)C(=O)N1CCC[C@H]1C(=O)OCc1ccccc1.Cl. The zero-order valence-electron chi connectivity index (χ0n) is 15.0. The van der Waals surface area contributed by atoms with E-state index in [1.807, 2.05) is 30.3 Å². The molecule has 7 nitrogen and oxygen atoms in total. The number of esters is 1. The summed E-state index contributed by atoms with van der Waals surface area (Å²) in [6.07, 6.45) is 1.29. The number of carbonyl (C=O) groups excluding carboxylic acids is 3. The van der Waals surface area contributed by atoms with Gasteiger partial charge in [0.1, 0.15) is 18.7 Å². The Morgan fingerprint density at radius 3 is 2.54 bits per heavy atom. The molecular formula is C18H26ClN3O4. The summed E-state index contributed by atoms with van der Waals surface area (Å²) in [5.74, 6) is -1.11. The van der Waals surface area contributed by atoms with Crippen LogP contribution < -0.4 is 11.1 Å². The van der Waals surface area contributed by atoms with Crippen molar-refractivity contribution in [3.05, 3.63) is 35.9 Å². The summed E-state index contributed by atoms with van der Waals surface area (Å²) in [4.78, 5) is 38.1. The van der Waals surface area contributed by atoms with Gasteiger partial charge in [-0.3, -0.25) is 9.59 Å². The minimum absolute atomic E-state index is 0. The lowest BCUT2D eigenvalue weighted by Gasteiger charge is -2.27. The van der Waals surface area contributed by atoms with Gasteiger partial charge < -0.3 is 20.7 Å². The second kappa shape index (κ2) is 10.1. The number of nitrogens with zero attached hydrogens (tertiary/aromatic N) is 1. The minimum Gasteiger partial charge on any atom is -0.459 e. The highest BCUT2D eigenvalue weighted by Crippen LogP contribution is 2.20. The van der Waals surface area contributed by atoms with Crippen LogP contribution in [0.5, 0.6) is 0 Å². The number of nitrogens with two attached hydrogens (primary N) is 1. The molecule has 0 aromatic heterocycles. The first-order valence-corrected chi connectivity index (χ1v) is 8.47. The number of ether oxygens (including phenoxy) is 1. The van der Waals surface area contributed by atoms with Crippen molar-refractivity contribution in [3.63, 3.8) is 0 Å². The van der Waals surface area contributed by atoms with Crippen molar-refractivity contribution >= 4 is 30.2 Å². The van der Waals surface area contributed by atoms with Crippen molar-refractivity contribution < 1.29 is 19.1 Å². The third-order valence-electron chi connectivity index (χ3n) is 4.17. The molecule has 26 heavy (non-hydrogen) atoms. The molecule has 1 heterocycles. The Bertz CT molecular complexity index is 624. The molecule has 3 atom stereocenters. The number of hydrogen-bond acceptors (Lipinski definition) is 5. The van der Waals surface area contributed by atoms with E-state index in [0.29, 0.717) is 13.0 Å². The number of amides is 2. The maximum Gasteiger partial charge on any atom is 0.329 e. The molecular weight excluding hydrogens is 358 g/mol. The number of hydrogen-bond donors (Lipinski definition) is 2. The predicted octanol–water partition coefficient (Wildman–Crippen LogP) is 0.995. The van der Waals surface area contributed by atoms with E-state index in [9.17, 15) is 14.4 Å². The minimum atomic E-state index is -0.735. The quantitative estimate of drug-likeness (QED) is 0.713. The molecule has 0 radical (unpaired) electrons. The fraction of sp³-hybridized carbons (Fsp3) is 0.500. The van der Waals surface area contributed by atoms with Crippen LogP contribution in [0.25, 0.3) is 0 Å². The highest BCUT2D eigenvalue weighted by atomic mass is 35.5. The summed E-state index contributed by atoms with van der Waals surface area (Å²) in [5, 5.41) is 2.57. The van der Waals surface area contributed by atoms with E-state index in [1.54, 1.807) is 13.8 Å². The van der Waals surface area contributed by atoms with Crippen LogP contribution in [0.15, 0.2) is 30.3 Å². The number of benzene rings is 1. The van der Waals surface area contributed by atoms with Gasteiger partial charge in [-0.25, -0.2) is 4.79 Å². The third-order valence-corrected chi connectivity index (χ3v) is 4.17. The van der Waals surface area contributed by atoms with E-state index in [1.165, 1.54) is 4.90 Å². The molecule has 1 aromatic carbocycles. The van der Waals surface area contributed by atoms with Crippen LogP contribution in [-0.4, -0.2) is 47.4 Å². The predicted molar refractivity (Wildman–Crippen MR) is 99.5 cm³/mol. The maximum atomic E-state index is 12.6. The molecule has 0 spiro atoms. The van der Waals surface area contributed by atoms with Crippen molar-refractivity contribution in [3.8, 4) is 0 Å². The molecule has 3 N–H and O–H groups in total. The van der Waals surface area contributed by atoms with Crippen LogP contribution in [0, 0.1) is 0 Å². The molecule has 2 rings (SSSR count). The molecule has 1 aromatic rings. The molecule has 1 fully saturated rings. The normalized spacial score (nSPS) is 18.4. The summed E-state index contributed by atoms with van der Waals surface area (Å²) in [6.45, 7) is 3.79. The first kappa shape index (κ1) is 21.9. The Balaban J connectivity index is 0.00000338. The fourth-order valence-corrected chi connectivity index (χ4v) is 2.76. The number of halogens is 1. The molecule has 2 amide bonds. The van der Waals surface area contributed by atoms with Gasteiger partial charge in [0, 0.05) is 6.54 Å². The number of nitrogens with one attached hydrogen (secondary N) is 1. The molecule has 1 aliphatic rings. The van der Waals surface area contributed by atoms with E-state index in [2.05, 4.69) is 5.32 Å². The second-order valence-electron chi connectivity index (χ2n) is 6.30. The standard InChI is InChI=1S/C18H25N3O4.ClH/c1-12(19)16(22)20-13(2)17(23)21-10-6-9-15(21)18(24)25-11-14-7-4-3-5-8-14;/h3-5,7-8,12-13,15H,6,9-11,19H2,1-2H3,(H,20,22);1H/t12-,13-,15-;/m0./s1. The van der Waals surface area contributed by atoms with Crippen LogP contribution in [0.1, 0.15) is 32.3 Å². The summed E-state index contributed by atoms with van der Waals surface area (Å²) >= 11 is 0. The van der Waals surface area contributed by atoms with E-state index >= 15 is 0 Å². The van der Waals surface area contributed by atoms with Gasteiger partial charge >= 0.3 is 5.97 Å². The molecule has 0 bridgehead atoms. The lowest BCUT2D eigenvalue weighted by Crippen LogP contribution is -2.53. The lowest BCUT2D eigenvalue weighted by atomic mass is 10.2. The molecule has 8 heteroatoms. The molecule has 1 saturated heterocycles. The van der Waals surface area contributed by atoms with Gasteiger partial charge in [0.25, 0.3) is 0 Å². The summed E-state index contributed by atoms with van der Waals surface area (Å²) < 4.78 is 5.35. The van der Waals surface area contributed by atoms with Gasteiger partial charge in [0.15, 0.2) is 0 Å². The smallest absolute Gasteiger partial charge is 0.329 e. The van der Waals surface area contributed by atoms with Crippen LogP contribution in [0.4, 0.5) is 0 Å². The zero-order valence-corrected chi connectivity index (χ0v) is 15.8. The Morgan fingerprint density at radius 1 is 1.27 bits per heavy atom. The van der Waals surface area contributed by atoms with E-state index in [0.717, 1.165) is 12.0 Å². The van der Waals surface area contributed by atoms with Gasteiger partial charge in [0.05, 0.1) is 6.04 Å². The topological polar surface area (TPSA) is 102 Å². The van der Waals surface area contributed by atoms with Crippen molar-refractivity contribution in [1.29, 1.82) is 0 Å². The summed E-state index contributed by atoms with van der Waals surface area (Å²) in [6, 6.07) is 7.34. The largest absolute Gasteiger partial charge is 0.459 e. The van der Waals surface area contributed by atoms with Crippen LogP contribution in [-0.2, 0) is 25.7 Å². The van der Waals surface area contributed by atoms with Crippen molar-refractivity contribution in [1.82, 2.24) is 10.2 Å². The average Bonchev–Trinajstić information content (AvgIpc) is 3.09. The van der Waals surface area contributed by atoms with Crippen molar-refractivity contribution in [2.24, 2.45) is 5.73 Å². The van der Waals surface area contributed by atoms with Gasteiger partial charge in [0.2, 0.25) is 11.8 Å². The number of carbonyl (C=O) groups is 3. The Morgan fingerprint density at radius 2 is 1.92 bits per heavy atom. The van der Waals surface area contributed by atoms with E-state index in [4.69, 9.17) is 10.5 Å². The molecule has 1 aliphatic heterocycles. The molecule has 0 aliphatic carbocycles. The van der Waals surface area contributed by atoms with Crippen LogP contribution >= 0.6 is 12.4 Å². The van der Waals surface area contributed by atoms with Crippen LogP contribution in [0.3, 0.4) is 0 Å². The highest BCUT2D eigenvalue weighted by Gasteiger charge is 2.37. The Kier molecular flexibility index (Phi) is 8.54. The summed E-state index contributed by atoms with van der Waals surface area (Å²) in [5.41, 5.74) is 6.39. The lowest BCUT2D eigenvalue weighted by molar-refractivity contribution is -0.155.